The molecule has 21 heavy (non-hydrogen) atoms. The molecule has 1 fully saturated rings. The SMILES string of the molecule is CN=C(NCCc1ccccc1F)N1CCC(C)(C)C1.I. The van der Waals surface area contributed by atoms with E-state index >= 15 is 0 Å². The van der Waals surface area contributed by atoms with Crippen LogP contribution >= 0.6 is 24.0 Å². The minimum Gasteiger partial charge on any atom is -0.356 e. The van der Waals surface area contributed by atoms with Crippen LogP contribution in [0.25, 0.3) is 0 Å². The monoisotopic (exact) mass is 405 g/mol. The fraction of sp³-hybridized carbons (Fsp3) is 0.562. The Hall–Kier alpha value is -0.850. The molecule has 5 heteroatoms. The molecule has 0 spiro atoms. The molecular formula is C16H25FIN3. The number of benzene rings is 1. The second-order valence-corrected chi connectivity index (χ2v) is 6.15. The fourth-order valence-electron chi connectivity index (χ4n) is 2.64. The topological polar surface area (TPSA) is 27.6 Å². The molecule has 0 amide bonds. The smallest absolute Gasteiger partial charge is 0.193 e. The van der Waals surface area contributed by atoms with Gasteiger partial charge in [-0.25, -0.2) is 4.39 Å². The van der Waals surface area contributed by atoms with Crippen molar-refractivity contribution >= 4 is 29.9 Å². The Balaban J connectivity index is 0.00000220. The number of hydrogen-bond donors (Lipinski definition) is 1. The maximum atomic E-state index is 13.5. The molecule has 0 atom stereocenters. The summed E-state index contributed by atoms with van der Waals surface area (Å²) in [5, 5.41) is 3.33. The minimum atomic E-state index is -0.133. The van der Waals surface area contributed by atoms with Gasteiger partial charge in [0.2, 0.25) is 0 Å². The zero-order chi connectivity index (χ0) is 14.6. The summed E-state index contributed by atoms with van der Waals surface area (Å²) >= 11 is 0. The molecular weight excluding hydrogens is 380 g/mol. The number of rotatable bonds is 3. The maximum Gasteiger partial charge on any atom is 0.193 e. The van der Waals surface area contributed by atoms with Crippen molar-refractivity contribution in [2.24, 2.45) is 10.4 Å². The number of hydrogen-bond acceptors (Lipinski definition) is 1. The van der Waals surface area contributed by atoms with Crippen molar-refractivity contribution in [2.75, 3.05) is 26.7 Å². The Morgan fingerprint density at radius 3 is 2.67 bits per heavy atom. The highest BCUT2D eigenvalue weighted by Gasteiger charge is 2.30. The molecule has 0 aromatic heterocycles. The summed E-state index contributed by atoms with van der Waals surface area (Å²) in [6.45, 7) is 7.31. The van der Waals surface area contributed by atoms with Crippen molar-refractivity contribution in [3.63, 3.8) is 0 Å². The molecule has 1 aliphatic rings. The predicted molar refractivity (Wildman–Crippen MR) is 96.9 cm³/mol. The van der Waals surface area contributed by atoms with E-state index in [0.717, 1.165) is 24.6 Å². The van der Waals surface area contributed by atoms with Gasteiger partial charge in [-0.15, -0.1) is 24.0 Å². The average Bonchev–Trinajstić information content (AvgIpc) is 2.77. The number of nitrogens with zero attached hydrogens (tertiary/aromatic N) is 2. The maximum absolute atomic E-state index is 13.5. The molecule has 118 valence electrons. The van der Waals surface area contributed by atoms with Crippen LogP contribution in [0.4, 0.5) is 4.39 Å². The third kappa shape index (κ3) is 5.13. The van der Waals surface area contributed by atoms with E-state index in [1.165, 1.54) is 12.5 Å². The first-order chi connectivity index (χ1) is 9.52. The molecule has 0 radical (unpaired) electrons. The first kappa shape index (κ1) is 18.2. The van der Waals surface area contributed by atoms with Gasteiger partial charge in [0.15, 0.2) is 5.96 Å². The standard InChI is InChI=1S/C16H24FN3.HI/c1-16(2)9-11-20(12-16)15(18-3)19-10-8-13-6-4-5-7-14(13)17;/h4-7H,8-12H2,1-3H3,(H,18,19);1H. The minimum absolute atomic E-state index is 0. The van der Waals surface area contributed by atoms with E-state index in [1.807, 2.05) is 12.1 Å². The number of aliphatic imine (C=N–C) groups is 1. The first-order valence-electron chi connectivity index (χ1n) is 7.21. The van der Waals surface area contributed by atoms with Crippen molar-refractivity contribution in [2.45, 2.75) is 26.7 Å². The van der Waals surface area contributed by atoms with Crippen LogP contribution in [-0.4, -0.2) is 37.5 Å². The van der Waals surface area contributed by atoms with Crippen LogP contribution in [0.5, 0.6) is 0 Å². The van der Waals surface area contributed by atoms with Crippen LogP contribution in [0.2, 0.25) is 0 Å². The lowest BCUT2D eigenvalue weighted by Gasteiger charge is -2.23. The van der Waals surface area contributed by atoms with Gasteiger partial charge in [0.1, 0.15) is 5.82 Å². The van der Waals surface area contributed by atoms with E-state index in [9.17, 15) is 4.39 Å². The van der Waals surface area contributed by atoms with E-state index in [-0.39, 0.29) is 29.8 Å². The van der Waals surface area contributed by atoms with Crippen LogP contribution in [0.1, 0.15) is 25.8 Å². The summed E-state index contributed by atoms with van der Waals surface area (Å²) in [4.78, 5) is 6.61. The van der Waals surface area contributed by atoms with E-state index in [4.69, 9.17) is 0 Å². The molecule has 3 nitrogen and oxygen atoms in total. The summed E-state index contributed by atoms with van der Waals surface area (Å²) in [5.41, 5.74) is 1.10. The van der Waals surface area contributed by atoms with Crippen molar-refractivity contribution in [1.29, 1.82) is 0 Å². The third-order valence-corrected chi connectivity index (χ3v) is 3.82. The zero-order valence-electron chi connectivity index (χ0n) is 13.0. The van der Waals surface area contributed by atoms with Crippen LogP contribution in [0, 0.1) is 11.2 Å². The summed E-state index contributed by atoms with van der Waals surface area (Å²) in [6.07, 6.45) is 1.85. The summed E-state index contributed by atoms with van der Waals surface area (Å²) in [5.74, 6) is 0.790. The largest absolute Gasteiger partial charge is 0.356 e. The molecule has 1 aromatic rings. The van der Waals surface area contributed by atoms with E-state index in [1.54, 1.807) is 13.1 Å². The second-order valence-electron chi connectivity index (χ2n) is 6.15. The molecule has 1 heterocycles. The number of nitrogens with one attached hydrogen (secondary N) is 1. The summed E-state index contributed by atoms with van der Waals surface area (Å²) in [7, 11) is 1.80. The second kappa shape index (κ2) is 7.96. The lowest BCUT2D eigenvalue weighted by molar-refractivity contribution is 0.370. The van der Waals surface area contributed by atoms with Crippen molar-refractivity contribution in [3.05, 3.63) is 35.6 Å². The van der Waals surface area contributed by atoms with Gasteiger partial charge in [0, 0.05) is 26.7 Å². The average molecular weight is 405 g/mol. The van der Waals surface area contributed by atoms with Gasteiger partial charge in [0.25, 0.3) is 0 Å². The Bertz CT molecular complexity index is 488. The van der Waals surface area contributed by atoms with Gasteiger partial charge >= 0.3 is 0 Å². The van der Waals surface area contributed by atoms with Crippen LogP contribution in [0.3, 0.4) is 0 Å². The quantitative estimate of drug-likeness (QED) is 0.475. The van der Waals surface area contributed by atoms with Gasteiger partial charge < -0.3 is 10.2 Å². The molecule has 0 aliphatic carbocycles. The molecule has 0 bridgehead atoms. The predicted octanol–water partition coefficient (Wildman–Crippen LogP) is 3.29. The molecule has 1 N–H and O–H groups in total. The van der Waals surface area contributed by atoms with Crippen molar-refractivity contribution in [3.8, 4) is 0 Å². The van der Waals surface area contributed by atoms with Crippen LogP contribution < -0.4 is 5.32 Å². The van der Waals surface area contributed by atoms with Gasteiger partial charge in [-0.2, -0.15) is 0 Å². The van der Waals surface area contributed by atoms with Crippen LogP contribution in [-0.2, 0) is 6.42 Å². The van der Waals surface area contributed by atoms with Gasteiger partial charge in [-0.05, 0) is 29.9 Å². The molecule has 0 unspecified atom stereocenters. The third-order valence-electron chi connectivity index (χ3n) is 3.82. The fourth-order valence-corrected chi connectivity index (χ4v) is 2.64. The van der Waals surface area contributed by atoms with Gasteiger partial charge in [-0.1, -0.05) is 32.0 Å². The highest BCUT2D eigenvalue weighted by Crippen LogP contribution is 2.28. The van der Waals surface area contributed by atoms with E-state index < -0.39 is 0 Å². The molecule has 0 saturated carbocycles. The lowest BCUT2D eigenvalue weighted by atomic mass is 9.93. The number of guanidine groups is 1. The Labute approximate surface area is 144 Å². The summed E-state index contributed by atoms with van der Waals surface area (Å²) in [6, 6.07) is 6.93. The molecule has 1 saturated heterocycles. The number of likely N-dealkylation sites (tertiary alicyclic amines) is 1. The Kier molecular flexibility index (Phi) is 6.90. The van der Waals surface area contributed by atoms with Gasteiger partial charge in [-0.3, -0.25) is 4.99 Å². The molecule has 2 rings (SSSR count). The van der Waals surface area contributed by atoms with E-state index in [2.05, 4.69) is 29.1 Å². The first-order valence-corrected chi connectivity index (χ1v) is 7.21. The number of halogens is 2. The zero-order valence-corrected chi connectivity index (χ0v) is 15.4. The highest BCUT2D eigenvalue weighted by atomic mass is 127. The summed E-state index contributed by atoms with van der Waals surface area (Å²) < 4.78 is 13.5. The molecule has 1 aromatic carbocycles. The van der Waals surface area contributed by atoms with Gasteiger partial charge in [0.05, 0.1) is 0 Å². The van der Waals surface area contributed by atoms with E-state index in [0.29, 0.717) is 18.4 Å². The Morgan fingerprint density at radius 2 is 2.10 bits per heavy atom. The Morgan fingerprint density at radius 1 is 1.38 bits per heavy atom. The molecule has 1 aliphatic heterocycles. The normalized spacial score (nSPS) is 17.5. The highest BCUT2D eigenvalue weighted by molar-refractivity contribution is 14.0. The van der Waals surface area contributed by atoms with Crippen molar-refractivity contribution in [1.82, 2.24) is 10.2 Å². The van der Waals surface area contributed by atoms with Crippen LogP contribution in [0.15, 0.2) is 29.3 Å². The lowest BCUT2D eigenvalue weighted by Crippen LogP contribution is -2.41. The van der Waals surface area contributed by atoms with Crippen molar-refractivity contribution < 1.29 is 4.39 Å².